The molecule has 0 heteroatoms. The fourth-order valence-electron chi connectivity index (χ4n) is 5.15. The number of allylic oxidation sites excluding steroid dienone is 1. The van der Waals surface area contributed by atoms with Gasteiger partial charge in [0.05, 0.1) is 0 Å². The van der Waals surface area contributed by atoms with Crippen LogP contribution in [-0.2, 0) is 0 Å². The molecule has 0 unspecified atom stereocenters. The van der Waals surface area contributed by atoms with Crippen LogP contribution < -0.4 is 0 Å². The molecule has 0 aromatic heterocycles. The Morgan fingerprint density at radius 1 is 1.30 bits per heavy atom. The van der Waals surface area contributed by atoms with E-state index >= 15 is 0 Å². The van der Waals surface area contributed by atoms with Gasteiger partial charge in [-0.1, -0.05) is 59.6 Å². The van der Waals surface area contributed by atoms with Gasteiger partial charge in [-0.3, -0.25) is 0 Å². The van der Waals surface area contributed by atoms with E-state index in [1.807, 2.05) is 0 Å². The van der Waals surface area contributed by atoms with Gasteiger partial charge in [-0.25, -0.2) is 0 Å². The maximum atomic E-state index is 4.47. The summed E-state index contributed by atoms with van der Waals surface area (Å²) in [6.07, 6.45) is 11.1. The summed E-state index contributed by atoms with van der Waals surface area (Å²) in [5.41, 5.74) is 2.55. The van der Waals surface area contributed by atoms with Gasteiger partial charge in [0, 0.05) is 0 Å². The Kier molecular flexibility index (Phi) is 4.72. The second-order valence-corrected chi connectivity index (χ2v) is 8.46. The molecule has 0 saturated heterocycles. The molecule has 0 nitrogen and oxygen atoms in total. The molecule has 2 fully saturated rings. The normalized spacial score (nSPS) is 43.1. The number of hydrogen-bond acceptors (Lipinski definition) is 0. The average Bonchev–Trinajstić information content (AvgIpc) is 2.43. The van der Waals surface area contributed by atoms with Crippen LogP contribution in [0, 0.1) is 28.6 Å². The number of rotatable bonds is 4. The van der Waals surface area contributed by atoms with Crippen LogP contribution in [0.5, 0.6) is 0 Å². The van der Waals surface area contributed by atoms with E-state index in [1.54, 1.807) is 5.57 Å². The zero-order chi connectivity index (χ0) is 15.0. The van der Waals surface area contributed by atoms with Gasteiger partial charge in [-0.15, -0.1) is 0 Å². The molecule has 116 valence electrons. The highest BCUT2D eigenvalue weighted by atomic mass is 14.6. The molecule has 0 aromatic carbocycles. The van der Waals surface area contributed by atoms with Crippen molar-refractivity contribution in [1.82, 2.24) is 0 Å². The van der Waals surface area contributed by atoms with E-state index in [1.165, 1.54) is 51.4 Å². The highest BCUT2D eigenvalue weighted by Crippen LogP contribution is 2.62. The maximum Gasteiger partial charge on any atom is -0.00854 e. The molecule has 0 N–H and O–H groups in total. The third-order valence-electron chi connectivity index (χ3n) is 7.44. The zero-order valence-electron chi connectivity index (χ0n) is 14.6. The highest BCUT2D eigenvalue weighted by Gasteiger charge is 2.53. The lowest BCUT2D eigenvalue weighted by atomic mass is 9.46. The number of hydrogen-bond donors (Lipinski definition) is 0. The number of fused-ring (bicyclic) bond motifs is 1. The van der Waals surface area contributed by atoms with Crippen molar-refractivity contribution in [3.05, 3.63) is 12.2 Å². The van der Waals surface area contributed by atoms with Crippen LogP contribution in [0.1, 0.15) is 86.0 Å². The first kappa shape index (κ1) is 16.1. The average molecular weight is 277 g/mol. The third kappa shape index (κ3) is 2.60. The largest absolute Gasteiger partial charge is 0.0993 e. The predicted molar refractivity (Wildman–Crippen MR) is 89.8 cm³/mol. The molecule has 0 radical (unpaired) electrons. The van der Waals surface area contributed by atoms with E-state index in [0.29, 0.717) is 10.8 Å². The van der Waals surface area contributed by atoms with Crippen LogP contribution in [0.15, 0.2) is 12.2 Å². The quantitative estimate of drug-likeness (QED) is 0.507. The molecule has 0 amide bonds. The summed E-state index contributed by atoms with van der Waals surface area (Å²) >= 11 is 0. The van der Waals surface area contributed by atoms with Crippen LogP contribution >= 0.6 is 0 Å². The van der Waals surface area contributed by atoms with Crippen molar-refractivity contribution in [2.45, 2.75) is 86.0 Å². The van der Waals surface area contributed by atoms with Gasteiger partial charge in [-0.2, -0.15) is 0 Å². The van der Waals surface area contributed by atoms with Crippen LogP contribution in [0.2, 0.25) is 0 Å². The SMILES string of the molecule is C=C1CCC[C@@H]2[C@@](C)(CC[C@@H](C)CC)[C@H](C)CC[C@@]12C. The third-order valence-corrected chi connectivity index (χ3v) is 7.44. The topological polar surface area (TPSA) is 0 Å². The summed E-state index contributed by atoms with van der Waals surface area (Å²) in [6.45, 7) is 16.9. The molecule has 2 rings (SSSR count). The summed E-state index contributed by atoms with van der Waals surface area (Å²) in [7, 11) is 0. The van der Waals surface area contributed by atoms with E-state index < -0.39 is 0 Å². The van der Waals surface area contributed by atoms with Crippen molar-refractivity contribution in [1.29, 1.82) is 0 Å². The van der Waals surface area contributed by atoms with Crippen LogP contribution in [0.3, 0.4) is 0 Å². The van der Waals surface area contributed by atoms with Gasteiger partial charge in [0.1, 0.15) is 0 Å². The molecular formula is C20H36. The van der Waals surface area contributed by atoms with E-state index in [4.69, 9.17) is 0 Å². The molecule has 2 saturated carbocycles. The Bertz CT molecular complexity index is 355. The minimum atomic E-state index is 0.439. The lowest BCUT2D eigenvalue weighted by molar-refractivity contribution is -0.0575. The fraction of sp³-hybridized carbons (Fsp3) is 0.900. The summed E-state index contributed by atoms with van der Waals surface area (Å²) in [6, 6.07) is 0. The molecule has 0 heterocycles. The Morgan fingerprint density at radius 2 is 2.00 bits per heavy atom. The van der Waals surface area contributed by atoms with Crippen LogP contribution in [0.25, 0.3) is 0 Å². The van der Waals surface area contributed by atoms with Crippen LogP contribution in [-0.4, -0.2) is 0 Å². The molecule has 0 bridgehead atoms. The lowest BCUT2D eigenvalue weighted by Gasteiger charge is -2.59. The van der Waals surface area contributed by atoms with Crippen molar-refractivity contribution in [2.24, 2.45) is 28.6 Å². The van der Waals surface area contributed by atoms with Gasteiger partial charge in [0.15, 0.2) is 0 Å². The Balaban J connectivity index is 2.21. The minimum absolute atomic E-state index is 0.439. The molecule has 0 aromatic rings. The molecule has 2 aliphatic carbocycles. The van der Waals surface area contributed by atoms with E-state index in [9.17, 15) is 0 Å². The smallest absolute Gasteiger partial charge is 0.00854 e. The maximum absolute atomic E-state index is 4.47. The van der Waals surface area contributed by atoms with Crippen molar-refractivity contribution in [3.8, 4) is 0 Å². The minimum Gasteiger partial charge on any atom is -0.0993 e. The summed E-state index contributed by atoms with van der Waals surface area (Å²) in [5.74, 6) is 2.65. The molecule has 5 atom stereocenters. The second-order valence-electron chi connectivity index (χ2n) is 8.46. The molecule has 0 spiro atoms. The lowest BCUT2D eigenvalue weighted by Crippen LogP contribution is -2.50. The first-order chi connectivity index (χ1) is 9.34. The Morgan fingerprint density at radius 3 is 2.65 bits per heavy atom. The molecular weight excluding hydrogens is 240 g/mol. The Hall–Kier alpha value is -0.260. The summed E-state index contributed by atoms with van der Waals surface area (Å²) in [4.78, 5) is 0. The van der Waals surface area contributed by atoms with Gasteiger partial charge in [0.2, 0.25) is 0 Å². The van der Waals surface area contributed by atoms with E-state index in [-0.39, 0.29) is 0 Å². The van der Waals surface area contributed by atoms with E-state index in [0.717, 1.165) is 17.8 Å². The van der Waals surface area contributed by atoms with Crippen molar-refractivity contribution in [3.63, 3.8) is 0 Å². The van der Waals surface area contributed by atoms with Gasteiger partial charge >= 0.3 is 0 Å². The molecule has 0 aliphatic heterocycles. The van der Waals surface area contributed by atoms with Gasteiger partial charge < -0.3 is 0 Å². The van der Waals surface area contributed by atoms with Crippen molar-refractivity contribution >= 4 is 0 Å². The monoisotopic (exact) mass is 276 g/mol. The predicted octanol–water partition coefficient (Wildman–Crippen LogP) is 6.61. The van der Waals surface area contributed by atoms with Gasteiger partial charge in [-0.05, 0) is 67.1 Å². The summed E-state index contributed by atoms with van der Waals surface area (Å²) < 4.78 is 0. The summed E-state index contributed by atoms with van der Waals surface area (Å²) in [5, 5.41) is 0. The standard InChI is InChI=1S/C20H36/c1-7-15(2)11-13-19(5)17(4)12-14-20(6)16(3)9-8-10-18(19)20/h15,17-18H,3,7-14H2,1-2,4-6H3/t15-,17+,18+,19-,20-/m0/s1. The first-order valence-corrected chi connectivity index (χ1v) is 9.03. The second kappa shape index (κ2) is 5.85. The highest BCUT2D eigenvalue weighted by molar-refractivity contribution is 5.19. The molecule has 2 aliphatic rings. The van der Waals surface area contributed by atoms with Crippen molar-refractivity contribution < 1.29 is 0 Å². The van der Waals surface area contributed by atoms with Gasteiger partial charge in [0.25, 0.3) is 0 Å². The van der Waals surface area contributed by atoms with E-state index in [2.05, 4.69) is 41.2 Å². The van der Waals surface area contributed by atoms with Crippen LogP contribution in [0.4, 0.5) is 0 Å². The fourth-order valence-corrected chi connectivity index (χ4v) is 5.15. The van der Waals surface area contributed by atoms with Crippen molar-refractivity contribution in [2.75, 3.05) is 0 Å². The first-order valence-electron chi connectivity index (χ1n) is 9.03. The zero-order valence-corrected chi connectivity index (χ0v) is 14.6. The Labute approximate surface area is 127 Å². The molecule has 20 heavy (non-hydrogen) atoms.